The van der Waals surface area contributed by atoms with Gasteiger partial charge in [0.25, 0.3) is 0 Å². The monoisotopic (exact) mass is 756 g/mol. The van der Waals surface area contributed by atoms with Crippen LogP contribution in [0.15, 0.2) is 146 Å². The van der Waals surface area contributed by atoms with Crippen molar-refractivity contribution >= 4 is 65.5 Å². The summed E-state index contributed by atoms with van der Waals surface area (Å²) >= 11 is -1.65. The van der Waals surface area contributed by atoms with Crippen LogP contribution in [0.2, 0.25) is 13.1 Å². The minimum absolute atomic E-state index is 0.224. The fraction of sp³-hybridized carbons (Fsp3) is 0.136. The molecule has 0 fully saturated rings. The van der Waals surface area contributed by atoms with Gasteiger partial charge in [-0.05, 0) is 45.5 Å². The summed E-state index contributed by atoms with van der Waals surface area (Å²) < 4.78 is 0. The molecule has 0 atom stereocenters. The van der Waals surface area contributed by atoms with Crippen LogP contribution in [0.5, 0.6) is 0 Å². The van der Waals surface area contributed by atoms with Crippen molar-refractivity contribution in [3.05, 3.63) is 157 Å². The van der Waals surface area contributed by atoms with E-state index in [1.54, 1.807) is 0 Å². The third-order valence-electron chi connectivity index (χ3n) is 8.98. The summed E-state index contributed by atoms with van der Waals surface area (Å²) in [5.74, 6) is 0. The first-order valence-corrected chi connectivity index (χ1v) is 29.2. The number of hydrogen-bond donors (Lipinski definition) is 0. The van der Waals surface area contributed by atoms with Crippen molar-refractivity contribution < 1.29 is 18.0 Å². The molecule has 0 nitrogen and oxygen atoms in total. The van der Waals surface area contributed by atoms with Crippen LogP contribution in [0, 0.1) is 0 Å². The van der Waals surface area contributed by atoms with Crippen molar-refractivity contribution in [2.24, 2.45) is 0 Å². The SMILES string of the molecule is CCc1cc2c(-c3cccc4ccccc34)cccc2[cH-]1.CCc1cc2c(-c3cccc4ccccc34)cccc2[cH-]1.C[Si](C)=[Zr]([Cl])[Cl]. The van der Waals surface area contributed by atoms with Crippen LogP contribution in [0.25, 0.3) is 65.3 Å². The number of benzene rings is 6. The van der Waals surface area contributed by atoms with E-state index in [9.17, 15) is 0 Å². The van der Waals surface area contributed by atoms with Crippen molar-refractivity contribution in [1.82, 2.24) is 0 Å². The summed E-state index contributed by atoms with van der Waals surface area (Å²) in [6.45, 7) is 8.76. The molecule has 0 saturated heterocycles. The predicted octanol–water partition coefficient (Wildman–Crippen LogP) is 14.0. The summed E-state index contributed by atoms with van der Waals surface area (Å²) in [6.07, 6.45) is 2.17. The topological polar surface area (TPSA) is 0 Å². The molecule has 8 aromatic rings. The van der Waals surface area contributed by atoms with Gasteiger partial charge in [-0.15, -0.1) is 69.1 Å². The van der Waals surface area contributed by atoms with E-state index in [2.05, 4.69) is 173 Å². The van der Waals surface area contributed by atoms with Gasteiger partial charge < -0.3 is 0 Å². The first-order valence-electron chi connectivity index (χ1n) is 16.7. The minimum atomic E-state index is -1.65. The van der Waals surface area contributed by atoms with Crippen LogP contribution in [-0.2, 0) is 30.8 Å². The van der Waals surface area contributed by atoms with E-state index in [1.807, 2.05) is 0 Å². The zero-order valence-corrected chi connectivity index (χ0v) is 33.0. The Balaban J connectivity index is 0.000000144. The molecule has 8 aromatic carbocycles. The Morgan fingerprint density at radius 2 is 0.812 bits per heavy atom. The molecule has 0 heterocycles. The van der Waals surface area contributed by atoms with Gasteiger partial charge in [-0.3, -0.25) is 0 Å². The molecule has 8 rings (SSSR count). The molecule has 0 bridgehead atoms. The molecule has 0 amide bonds. The van der Waals surface area contributed by atoms with Crippen molar-refractivity contribution in [3.63, 3.8) is 0 Å². The van der Waals surface area contributed by atoms with Gasteiger partial charge >= 0.3 is 53.5 Å². The Labute approximate surface area is 300 Å². The Hall–Kier alpha value is -3.26. The molecule has 48 heavy (non-hydrogen) atoms. The van der Waals surface area contributed by atoms with Crippen LogP contribution in [-0.4, -0.2) is 5.43 Å². The molecule has 240 valence electrons. The van der Waals surface area contributed by atoms with Gasteiger partial charge in [0, 0.05) is 0 Å². The van der Waals surface area contributed by atoms with Gasteiger partial charge in [0.2, 0.25) is 0 Å². The Kier molecular flexibility index (Phi) is 11.5. The van der Waals surface area contributed by atoms with Crippen molar-refractivity contribution in [3.8, 4) is 22.3 Å². The molecule has 0 aliphatic carbocycles. The Morgan fingerprint density at radius 1 is 0.479 bits per heavy atom. The molecule has 0 unspecified atom stereocenters. The van der Waals surface area contributed by atoms with Gasteiger partial charge in [-0.25, -0.2) is 0 Å². The zero-order valence-electron chi connectivity index (χ0n) is 28.0. The molecule has 4 heteroatoms. The summed E-state index contributed by atoms with van der Waals surface area (Å²) in [5, 5.41) is 10.7. The first kappa shape index (κ1) is 34.6. The third-order valence-corrected chi connectivity index (χ3v) is 28.7. The van der Waals surface area contributed by atoms with Crippen molar-refractivity contribution in [2.45, 2.75) is 39.8 Å². The maximum atomic E-state index is 5.62. The molecule has 0 spiro atoms. The number of aryl methyl sites for hydroxylation is 2. The van der Waals surface area contributed by atoms with Gasteiger partial charge in [-0.1, -0.05) is 122 Å². The van der Waals surface area contributed by atoms with E-state index < -0.39 is 18.0 Å². The number of hydrogen-bond acceptors (Lipinski definition) is 0. The first-order chi connectivity index (χ1) is 23.4. The second kappa shape index (κ2) is 16.0. The van der Waals surface area contributed by atoms with Crippen LogP contribution in [0.1, 0.15) is 25.0 Å². The quantitative estimate of drug-likeness (QED) is 0.124. The summed E-state index contributed by atoms with van der Waals surface area (Å²) in [7, 11) is 11.2. The second-order valence-electron chi connectivity index (χ2n) is 12.4. The summed E-state index contributed by atoms with van der Waals surface area (Å²) in [4.78, 5) is 0. The molecule has 0 saturated carbocycles. The van der Waals surface area contributed by atoms with Gasteiger partial charge in [0.15, 0.2) is 0 Å². The summed E-state index contributed by atoms with van der Waals surface area (Å²) in [6, 6.07) is 52.9. The zero-order chi connectivity index (χ0) is 33.6. The molecule has 0 aliphatic heterocycles. The standard InChI is InChI=1S/2C21H17.C2H6Si.2ClH.Zr/c2*1-2-15-13-17-9-6-12-20(21(17)14-15)19-11-5-8-16-7-3-4-10-18(16)19;1-3-2;;;/h2*3-14H,2H2,1H3;1-2H3;2*1H;/q2*-1;;;;+2/p-2. The van der Waals surface area contributed by atoms with E-state index in [4.69, 9.17) is 17.0 Å². The maximum absolute atomic E-state index is 5.62. The van der Waals surface area contributed by atoms with Gasteiger partial charge in [0.1, 0.15) is 0 Å². The van der Waals surface area contributed by atoms with Crippen LogP contribution in [0.3, 0.4) is 0 Å². The van der Waals surface area contributed by atoms with Crippen LogP contribution >= 0.6 is 17.0 Å². The molecule has 0 aromatic heterocycles. The fourth-order valence-electron chi connectivity index (χ4n) is 6.39. The van der Waals surface area contributed by atoms with E-state index in [-0.39, 0.29) is 5.43 Å². The van der Waals surface area contributed by atoms with E-state index >= 15 is 0 Å². The molecular weight excluding hydrogens is 719 g/mol. The molecule has 0 aliphatic rings. The molecule has 0 radical (unpaired) electrons. The predicted molar refractivity (Wildman–Crippen MR) is 213 cm³/mol. The fourth-order valence-corrected chi connectivity index (χ4v) is 6.39. The van der Waals surface area contributed by atoms with E-state index in [1.165, 1.54) is 76.5 Å². The Bertz CT molecular complexity index is 2190. The van der Waals surface area contributed by atoms with Crippen LogP contribution in [0.4, 0.5) is 0 Å². The number of fused-ring (bicyclic) bond motifs is 4. The average molecular weight is 759 g/mol. The van der Waals surface area contributed by atoms with Crippen LogP contribution < -0.4 is 0 Å². The van der Waals surface area contributed by atoms with Gasteiger partial charge in [0.05, 0.1) is 0 Å². The number of rotatable bonds is 4. The normalized spacial score (nSPS) is 10.9. The van der Waals surface area contributed by atoms with Crippen molar-refractivity contribution in [2.75, 3.05) is 0 Å². The van der Waals surface area contributed by atoms with E-state index in [0.29, 0.717) is 0 Å². The van der Waals surface area contributed by atoms with Gasteiger partial charge in [-0.2, -0.15) is 12.1 Å². The molecule has 0 N–H and O–H groups in total. The molecular formula is C44H40Cl2SiZr-2. The second-order valence-corrected chi connectivity index (χ2v) is 35.3. The van der Waals surface area contributed by atoms with Crippen molar-refractivity contribution in [1.29, 1.82) is 0 Å². The van der Waals surface area contributed by atoms with E-state index in [0.717, 1.165) is 12.8 Å². The summed E-state index contributed by atoms with van der Waals surface area (Å²) in [5.41, 5.74) is 7.93. The Morgan fingerprint density at radius 3 is 1.19 bits per heavy atom. The average Bonchev–Trinajstić information content (AvgIpc) is 3.76. The number of halogens is 2. The third kappa shape index (κ3) is 7.64.